The predicted molar refractivity (Wildman–Crippen MR) is 57.5 cm³/mol. The van der Waals surface area contributed by atoms with Crippen LogP contribution in [0.15, 0.2) is 0 Å². The van der Waals surface area contributed by atoms with Crippen LogP contribution in [0.5, 0.6) is 0 Å². The van der Waals surface area contributed by atoms with E-state index in [-0.39, 0.29) is 4.75 Å². The van der Waals surface area contributed by atoms with E-state index in [0.29, 0.717) is 5.92 Å². The molecule has 0 aliphatic heterocycles. The standard InChI is InChI=1S/C10H21NOS/c1-7-5-9(6-7)8(2)10(3,4)13(11)12/h7-9H,5-6,11H2,1-4H3. The maximum Gasteiger partial charge on any atom is 0.142 e. The summed E-state index contributed by atoms with van der Waals surface area (Å²) in [6.07, 6.45) is 2.56. The first kappa shape index (κ1) is 11.3. The van der Waals surface area contributed by atoms with Crippen molar-refractivity contribution in [2.75, 3.05) is 0 Å². The minimum atomic E-state index is -1.21. The summed E-state index contributed by atoms with van der Waals surface area (Å²) in [6, 6.07) is 0. The summed E-state index contributed by atoms with van der Waals surface area (Å²) in [5, 5.41) is 5.49. The van der Waals surface area contributed by atoms with Gasteiger partial charge in [-0.2, -0.15) is 5.14 Å². The summed E-state index contributed by atoms with van der Waals surface area (Å²) in [5.74, 6) is 2.06. The van der Waals surface area contributed by atoms with Crippen LogP contribution in [0.4, 0.5) is 0 Å². The largest absolute Gasteiger partial charge is 0.598 e. The molecule has 1 fully saturated rings. The first-order chi connectivity index (χ1) is 5.85. The lowest BCUT2D eigenvalue weighted by Crippen LogP contribution is -2.48. The molecule has 1 rings (SSSR count). The van der Waals surface area contributed by atoms with Crippen molar-refractivity contribution in [3.05, 3.63) is 0 Å². The monoisotopic (exact) mass is 203 g/mol. The molecular weight excluding hydrogens is 182 g/mol. The van der Waals surface area contributed by atoms with Gasteiger partial charge in [-0.1, -0.05) is 13.8 Å². The summed E-state index contributed by atoms with van der Waals surface area (Å²) < 4.78 is 11.1. The molecule has 2 N–H and O–H groups in total. The Balaban J connectivity index is 2.51. The average Bonchev–Trinajstić information content (AvgIpc) is 1.97. The highest BCUT2D eigenvalue weighted by molar-refractivity contribution is 7.90. The average molecular weight is 203 g/mol. The second-order valence-corrected chi connectivity index (χ2v) is 6.67. The molecule has 0 aromatic carbocycles. The van der Waals surface area contributed by atoms with E-state index in [9.17, 15) is 4.55 Å². The minimum absolute atomic E-state index is 0.231. The predicted octanol–water partition coefficient (Wildman–Crippen LogP) is 2.07. The zero-order valence-corrected chi connectivity index (χ0v) is 9.86. The maximum absolute atomic E-state index is 11.3. The second kappa shape index (κ2) is 3.79. The first-order valence-electron chi connectivity index (χ1n) is 5.02. The van der Waals surface area contributed by atoms with Crippen LogP contribution in [0.25, 0.3) is 0 Å². The molecule has 3 heteroatoms. The van der Waals surface area contributed by atoms with Gasteiger partial charge in [-0.05, 0) is 38.5 Å². The van der Waals surface area contributed by atoms with Crippen LogP contribution in [0.1, 0.15) is 40.5 Å². The minimum Gasteiger partial charge on any atom is -0.598 e. The lowest BCUT2D eigenvalue weighted by molar-refractivity contribution is 0.124. The summed E-state index contributed by atoms with van der Waals surface area (Å²) in [6.45, 7) is 8.48. The molecule has 2 atom stereocenters. The van der Waals surface area contributed by atoms with Gasteiger partial charge < -0.3 is 4.55 Å². The summed E-state index contributed by atoms with van der Waals surface area (Å²) in [7, 11) is 0. The van der Waals surface area contributed by atoms with Gasteiger partial charge >= 0.3 is 0 Å². The SMILES string of the molecule is CC1CC(C(C)C(C)(C)[S+](N)[O-])C1. The maximum atomic E-state index is 11.3. The van der Waals surface area contributed by atoms with E-state index in [4.69, 9.17) is 5.14 Å². The van der Waals surface area contributed by atoms with E-state index >= 15 is 0 Å². The van der Waals surface area contributed by atoms with Crippen molar-refractivity contribution >= 4 is 11.4 Å². The van der Waals surface area contributed by atoms with E-state index < -0.39 is 11.4 Å². The van der Waals surface area contributed by atoms with Gasteiger partial charge in [-0.25, -0.2) is 0 Å². The van der Waals surface area contributed by atoms with Gasteiger partial charge in [0.15, 0.2) is 0 Å². The Morgan fingerprint density at radius 2 is 1.92 bits per heavy atom. The number of hydrogen-bond acceptors (Lipinski definition) is 2. The third-order valence-electron chi connectivity index (χ3n) is 3.73. The molecule has 0 heterocycles. The Kier molecular flexibility index (Phi) is 3.31. The Morgan fingerprint density at radius 3 is 2.23 bits per heavy atom. The Morgan fingerprint density at radius 1 is 1.46 bits per heavy atom. The van der Waals surface area contributed by atoms with Crippen LogP contribution in [0.2, 0.25) is 0 Å². The topological polar surface area (TPSA) is 49.1 Å². The molecular formula is C10H21NOS. The molecule has 1 aliphatic rings. The molecule has 0 aromatic rings. The van der Waals surface area contributed by atoms with Crippen LogP contribution >= 0.6 is 0 Å². The van der Waals surface area contributed by atoms with Crippen molar-refractivity contribution in [3.8, 4) is 0 Å². The third-order valence-corrected chi connectivity index (χ3v) is 5.14. The van der Waals surface area contributed by atoms with Crippen LogP contribution in [-0.2, 0) is 11.4 Å². The number of hydrogen-bond donors (Lipinski definition) is 1. The first-order valence-corrected chi connectivity index (χ1v) is 6.23. The normalized spacial score (nSPS) is 33.7. The van der Waals surface area contributed by atoms with Crippen molar-refractivity contribution in [2.24, 2.45) is 22.9 Å². The molecule has 0 bridgehead atoms. The summed E-state index contributed by atoms with van der Waals surface area (Å²) in [4.78, 5) is 0. The Hall–Kier alpha value is 0.270. The van der Waals surface area contributed by atoms with Crippen molar-refractivity contribution in [1.82, 2.24) is 0 Å². The molecule has 78 valence electrons. The van der Waals surface area contributed by atoms with Gasteiger partial charge in [0.2, 0.25) is 0 Å². The molecule has 2 unspecified atom stereocenters. The Bertz CT molecular complexity index is 176. The van der Waals surface area contributed by atoms with E-state index in [1.165, 1.54) is 12.8 Å². The van der Waals surface area contributed by atoms with Gasteiger partial charge in [0, 0.05) is 17.3 Å². The molecule has 13 heavy (non-hydrogen) atoms. The van der Waals surface area contributed by atoms with Crippen molar-refractivity contribution in [2.45, 2.75) is 45.3 Å². The molecule has 0 amide bonds. The molecule has 0 spiro atoms. The fraction of sp³-hybridized carbons (Fsp3) is 1.00. The van der Waals surface area contributed by atoms with E-state index in [1.807, 2.05) is 13.8 Å². The quantitative estimate of drug-likeness (QED) is 0.714. The lowest BCUT2D eigenvalue weighted by Gasteiger charge is -2.43. The second-order valence-electron chi connectivity index (χ2n) is 5.03. The number of nitrogens with two attached hydrogens (primary N) is 1. The third kappa shape index (κ3) is 2.20. The van der Waals surface area contributed by atoms with Gasteiger partial charge in [0.05, 0.1) is 0 Å². The van der Waals surface area contributed by atoms with E-state index in [1.54, 1.807) is 0 Å². The zero-order valence-electron chi connectivity index (χ0n) is 9.04. The Labute approximate surface area is 84.6 Å². The molecule has 0 radical (unpaired) electrons. The summed E-state index contributed by atoms with van der Waals surface area (Å²) >= 11 is -1.21. The van der Waals surface area contributed by atoms with Crippen molar-refractivity contribution in [3.63, 3.8) is 0 Å². The molecule has 2 nitrogen and oxygen atoms in total. The molecule has 0 aromatic heterocycles. The van der Waals surface area contributed by atoms with Crippen LogP contribution in [-0.4, -0.2) is 9.30 Å². The van der Waals surface area contributed by atoms with Crippen molar-refractivity contribution < 1.29 is 4.55 Å². The zero-order chi connectivity index (χ0) is 10.2. The summed E-state index contributed by atoms with van der Waals surface area (Å²) in [5.41, 5.74) is 0. The number of rotatable bonds is 3. The fourth-order valence-electron chi connectivity index (χ4n) is 2.12. The van der Waals surface area contributed by atoms with Crippen LogP contribution in [0, 0.1) is 17.8 Å². The smallest absolute Gasteiger partial charge is 0.142 e. The highest BCUT2D eigenvalue weighted by Crippen LogP contribution is 2.44. The van der Waals surface area contributed by atoms with E-state index in [0.717, 1.165) is 11.8 Å². The lowest BCUT2D eigenvalue weighted by atomic mass is 9.67. The van der Waals surface area contributed by atoms with Gasteiger partial charge in [-0.3, -0.25) is 0 Å². The highest BCUT2D eigenvalue weighted by atomic mass is 32.2. The van der Waals surface area contributed by atoms with Gasteiger partial charge in [0.1, 0.15) is 4.75 Å². The van der Waals surface area contributed by atoms with Crippen molar-refractivity contribution in [1.29, 1.82) is 0 Å². The fourth-order valence-corrected chi connectivity index (χ4v) is 2.68. The van der Waals surface area contributed by atoms with Gasteiger partial charge in [-0.15, -0.1) is 0 Å². The van der Waals surface area contributed by atoms with Crippen LogP contribution < -0.4 is 5.14 Å². The molecule has 0 saturated heterocycles. The van der Waals surface area contributed by atoms with E-state index in [2.05, 4.69) is 13.8 Å². The molecule has 1 aliphatic carbocycles. The highest BCUT2D eigenvalue weighted by Gasteiger charge is 2.44. The van der Waals surface area contributed by atoms with Gasteiger partial charge in [0.25, 0.3) is 0 Å². The molecule has 1 saturated carbocycles. The van der Waals surface area contributed by atoms with Crippen LogP contribution in [0.3, 0.4) is 0 Å².